The largest absolute Gasteiger partial charge is 0.534 e. The molecule has 33 heavy (non-hydrogen) atoms. The van der Waals surface area contributed by atoms with Crippen molar-refractivity contribution in [3.05, 3.63) is 65.0 Å². The van der Waals surface area contributed by atoms with E-state index >= 15 is 0 Å². The summed E-state index contributed by atoms with van der Waals surface area (Å²) in [6.45, 7) is 0. The van der Waals surface area contributed by atoms with Crippen molar-refractivity contribution in [2.24, 2.45) is 0 Å². The van der Waals surface area contributed by atoms with E-state index in [9.17, 15) is 34.8 Å². The molecule has 0 saturated heterocycles. The number of amides is 1. The van der Waals surface area contributed by atoms with Gasteiger partial charge >= 0.3 is 15.6 Å². The molecule has 9 nitrogen and oxygen atoms in total. The highest BCUT2D eigenvalue weighted by molar-refractivity contribution is 7.88. The molecule has 0 aliphatic rings. The Morgan fingerprint density at radius 2 is 1.73 bits per heavy atom. The SMILES string of the molecule is O=C(NO)C(NS(=O)(=O)Cc1ccc2sccc2c1)c1ccc(OS(=O)(=O)C(F)(F)F)cc1. The number of hydrogen-bond donors (Lipinski definition) is 3. The number of fused-ring (bicyclic) bond motifs is 1. The highest BCUT2D eigenvalue weighted by Crippen LogP contribution is 2.28. The molecule has 1 unspecified atom stereocenters. The van der Waals surface area contributed by atoms with Gasteiger partial charge in [0.2, 0.25) is 10.0 Å². The fourth-order valence-corrected chi connectivity index (χ4v) is 5.31. The zero-order chi connectivity index (χ0) is 24.4. The Kier molecular flexibility index (Phi) is 6.99. The van der Waals surface area contributed by atoms with E-state index in [1.165, 1.54) is 16.8 Å². The molecular formula is C18H15F3N2O7S3. The topological polar surface area (TPSA) is 139 Å². The van der Waals surface area contributed by atoms with Crippen LogP contribution in [0.25, 0.3) is 10.1 Å². The molecule has 1 heterocycles. The average Bonchev–Trinajstić information content (AvgIpc) is 3.18. The van der Waals surface area contributed by atoms with Gasteiger partial charge in [-0.3, -0.25) is 10.0 Å². The molecular weight excluding hydrogens is 509 g/mol. The molecule has 2 aromatic carbocycles. The predicted octanol–water partition coefficient (Wildman–Crippen LogP) is 2.80. The van der Waals surface area contributed by atoms with Crippen LogP contribution in [0, 0.1) is 0 Å². The lowest BCUT2D eigenvalue weighted by Crippen LogP contribution is -2.39. The van der Waals surface area contributed by atoms with Crippen molar-refractivity contribution in [3.8, 4) is 5.75 Å². The zero-order valence-electron chi connectivity index (χ0n) is 16.2. The zero-order valence-corrected chi connectivity index (χ0v) is 18.7. The average molecular weight is 525 g/mol. The maximum atomic E-state index is 12.6. The van der Waals surface area contributed by atoms with E-state index in [2.05, 4.69) is 8.91 Å². The van der Waals surface area contributed by atoms with Gasteiger partial charge in [0.25, 0.3) is 5.91 Å². The summed E-state index contributed by atoms with van der Waals surface area (Å²) in [5.74, 6) is -2.39. The second-order valence-electron chi connectivity index (χ2n) is 6.63. The molecule has 0 aliphatic carbocycles. The number of halogens is 3. The van der Waals surface area contributed by atoms with Crippen LogP contribution in [0.5, 0.6) is 5.75 Å². The Morgan fingerprint density at radius 3 is 2.33 bits per heavy atom. The molecule has 1 aromatic heterocycles. The van der Waals surface area contributed by atoms with Crippen molar-refractivity contribution in [3.63, 3.8) is 0 Å². The molecule has 0 radical (unpaired) electrons. The van der Waals surface area contributed by atoms with Crippen molar-refractivity contribution >= 4 is 47.5 Å². The van der Waals surface area contributed by atoms with Gasteiger partial charge in [-0.2, -0.15) is 26.3 Å². The van der Waals surface area contributed by atoms with Gasteiger partial charge in [0.1, 0.15) is 11.8 Å². The lowest BCUT2D eigenvalue weighted by Gasteiger charge is -2.18. The van der Waals surface area contributed by atoms with E-state index in [-0.39, 0.29) is 5.56 Å². The third-order valence-electron chi connectivity index (χ3n) is 4.25. The standard InChI is InChI=1S/C18H15F3N2O7S3/c19-18(20,21)33(28,29)30-14-4-2-12(3-5-14)16(17(24)22-25)23-32(26,27)10-11-1-6-15-13(9-11)7-8-31-15/h1-9,16,23,25H,10H2,(H,22,24). The number of carbonyl (C=O) groups excluding carboxylic acids is 1. The summed E-state index contributed by atoms with van der Waals surface area (Å²) in [5, 5.41) is 11.7. The van der Waals surface area contributed by atoms with Crippen LogP contribution in [0.3, 0.4) is 0 Å². The van der Waals surface area contributed by atoms with Crippen molar-refractivity contribution in [2.75, 3.05) is 0 Å². The molecule has 178 valence electrons. The van der Waals surface area contributed by atoms with Crippen LogP contribution in [-0.4, -0.2) is 33.5 Å². The third kappa shape index (κ3) is 6.00. The first-order chi connectivity index (χ1) is 15.3. The van der Waals surface area contributed by atoms with Crippen molar-refractivity contribution in [1.29, 1.82) is 0 Å². The van der Waals surface area contributed by atoms with E-state index in [0.29, 0.717) is 5.56 Å². The van der Waals surface area contributed by atoms with Crippen LogP contribution in [0.4, 0.5) is 13.2 Å². The first-order valence-electron chi connectivity index (χ1n) is 8.82. The van der Waals surface area contributed by atoms with Gasteiger partial charge in [-0.15, -0.1) is 11.3 Å². The first-order valence-corrected chi connectivity index (χ1v) is 12.8. The number of rotatable bonds is 8. The summed E-state index contributed by atoms with van der Waals surface area (Å²) >= 11 is 1.48. The van der Waals surface area contributed by atoms with E-state index in [4.69, 9.17) is 5.21 Å². The fraction of sp³-hybridized carbons (Fsp3) is 0.167. The summed E-state index contributed by atoms with van der Waals surface area (Å²) in [5.41, 5.74) is -4.02. The normalized spacial score (nSPS) is 13.6. The number of nitrogens with one attached hydrogen (secondary N) is 2. The molecule has 0 bridgehead atoms. The number of benzene rings is 2. The Bertz CT molecular complexity index is 1370. The molecule has 3 N–H and O–H groups in total. The molecule has 0 spiro atoms. The van der Waals surface area contributed by atoms with Crippen LogP contribution in [0.2, 0.25) is 0 Å². The highest BCUT2D eigenvalue weighted by Gasteiger charge is 2.48. The molecule has 15 heteroatoms. The van der Waals surface area contributed by atoms with Gasteiger partial charge in [0.15, 0.2) is 0 Å². The van der Waals surface area contributed by atoms with Crippen molar-refractivity contribution in [1.82, 2.24) is 10.2 Å². The number of sulfonamides is 1. The van der Waals surface area contributed by atoms with Gasteiger partial charge in [-0.1, -0.05) is 18.2 Å². The number of hydroxylamine groups is 1. The Hall–Kier alpha value is -2.72. The van der Waals surface area contributed by atoms with E-state index in [0.717, 1.165) is 34.4 Å². The first kappa shape index (κ1) is 24.9. The maximum Gasteiger partial charge on any atom is 0.534 e. The van der Waals surface area contributed by atoms with Crippen LogP contribution in [0.1, 0.15) is 17.2 Å². The lowest BCUT2D eigenvalue weighted by molar-refractivity contribution is -0.131. The smallest absolute Gasteiger partial charge is 0.376 e. The summed E-state index contributed by atoms with van der Waals surface area (Å²) in [6.07, 6.45) is 0. The van der Waals surface area contributed by atoms with Gasteiger partial charge in [0, 0.05) is 4.70 Å². The molecule has 3 aromatic rings. The van der Waals surface area contributed by atoms with E-state index < -0.39 is 49.1 Å². The monoisotopic (exact) mass is 524 g/mol. The van der Waals surface area contributed by atoms with Gasteiger partial charge < -0.3 is 4.18 Å². The Balaban J connectivity index is 1.81. The Labute approximate surface area is 189 Å². The predicted molar refractivity (Wildman–Crippen MR) is 112 cm³/mol. The second-order valence-corrected chi connectivity index (χ2v) is 10.9. The highest BCUT2D eigenvalue weighted by atomic mass is 32.2. The number of thiophene rings is 1. The molecule has 1 atom stereocenters. The van der Waals surface area contributed by atoms with E-state index in [1.54, 1.807) is 18.2 Å². The van der Waals surface area contributed by atoms with Crippen LogP contribution in [-0.2, 0) is 30.7 Å². The third-order valence-corrected chi connectivity index (χ3v) is 7.43. The quantitative estimate of drug-likeness (QED) is 0.178. The minimum atomic E-state index is -5.91. The minimum absolute atomic E-state index is 0.102. The van der Waals surface area contributed by atoms with Crippen LogP contribution < -0.4 is 14.4 Å². The molecule has 0 fully saturated rings. The summed E-state index contributed by atoms with van der Waals surface area (Å²) < 4.78 is 91.8. The molecule has 0 aliphatic heterocycles. The Morgan fingerprint density at radius 1 is 1.06 bits per heavy atom. The van der Waals surface area contributed by atoms with Gasteiger partial charge in [-0.25, -0.2) is 13.9 Å². The molecule has 1 amide bonds. The van der Waals surface area contributed by atoms with Gasteiger partial charge in [0.05, 0.1) is 5.75 Å². The molecule has 3 rings (SSSR count). The minimum Gasteiger partial charge on any atom is -0.376 e. The fourth-order valence-electron chi connectivity index (χ4n) is 2.77. The van der Waals surface area contributed by atoms with Gasteiger partial charge in [-0.05, 0) is 52.2 Å². The van der Waals surface area contributed by atoms with Crippen molar-refractivity contribution < 1.29 is 44.2 Å². The number of carbonyl (C=O) groups is 1. The van der Waals surface area contributed by atoms with Crippen molar-refractivity contribution in [2.45, 2.75) is 17.3 Å². The lowest BCUT2D eigenvalue weighted by atomic mass is 10.1. The summed E-state index contributed by atoms with van der Waals surface area (Å²) in [6, 6.07) is 8.71. The van der Waals surface area contributed by atoms with Crippen LogP contribution in [0.15, 0.2) is 53.9 Å². The summed E-state index contributed by atoms with van der Waals surface area (Å²) in [4.78, 5) is 12.1. The summed E-state index contributed by atoms with van der Waals surface area (Å²) in [7, 11) is -10.1. The number of alkyl halides is 3. The molecule has 0 saturated carbocycles. The second kappa shape index (κ2) is 9.26. The van der Waals surface area contributed by atoms with E-state index in [1.807, 2.05) is 11.4 Å². The van der Waals surface area contributed by atoms with Crippen LogP contribution >= 0.6 is 11.3 Å². The maximum absolute atomic E-state index is 12.6. The number of hydrogen-bond acceptors (Lipinski definition) is 8.